The van der Waals surface area contributed by atoms with Gasteiger partial charge >= 0.3 is 6.18 Å². The number of benzene rings is 1. The average Bonchev–Trinajstić information content (AvgIpc) is 2.46. The largest absolute Gasteiger partial charge is 0.417 e. The first-order chi connectivity index (χ1) is 10.6. The Labute approximate surface area is 143 Å². The van der Waals surface area contributed by atoms with Crippen LogP contribution in [0.4, 0.5) is 13.2 Å². The molecule has 2 aromatic rings. The maximum atomic E-state index is 13.1. The Balaban J connectivity index is 0.00000288. The lowest BCUT2D eigenvalue weighted by molar-refractivity contribution is -0.137. The van der Waals surface area contributed by atoms with Crippen molar-refractivity contribution in [3.63, 3.8) is 0 Å². The molecule has 0 aliphatic carbocycles. The van der Waals surface area contributed by atoms with Crippen molar-refractivity contribution < 1.29 is 18.0 Å². The molecule has 0 saturated carbocycles. The molecule has 4 nitrogen and oxygen atoms in total. The smallest absolute Gasteiger partial charge is 0.368 e. The SMILES string of the molecule is C[C@@](N)(Cc1cc(-c2ccccc2C(F)(F)F)ccn1)C(N)=O.Cl. The van der Waals surface area contributed by atoms with Gasteiger partial charge in [0.2, 0.25) is 5.91 Å². The van der Waals surface area contributed by atoms with Crippen LogP contribution in [0.3, 0.4) is 0 Å². The van der Waals surface area contributed by atoms with E-state index in [9.17, 15) is 18.0 Å². The van der Waals surface area contributed by atoms with Gasteiger partial charge in [0, 0.05) is 18.3 Å². The predicted molar refractivity (Wildman–Crippen MR) is 87.4 cm³/mol. The molecule has 8 heteroatoms. The number of nitrogens with zero attached hydrogens (tertiary/aromatic N) is 1. The Kier molecular flexibility index (Phi) is 5.97. The molecule has 0 radical (unpaired) electrons. The van der Waals surface area contributed by atoms with Gasteiger partial charge in [-0.15, -0.1) is 12.4 Å². The van der Waals surface area contributed by atoms with Crippen LogP contribution >= 0.6 is 12.4 Å². The van der Waals surface area contributed by atoms with Gasteiger partial charge in [-0.2, -0.15) is 13.2 Å². The van der Waals surface area contributed by atoms with E-state index in [0.29, 0.717) is 11.3 Å². The van der Waals surface area contributed by atoms with Gasteiger partial charge in [0.15, 0.2) is 0 Å². The number of halogens is 4. The highest BCUT2D eigenvalue weighted by Crippen LogP contribution is 2.36. The third-order valence-electron chi connectivity index (χ3n) is 3.47. The molecular weight excluding hydrogens is 343 g/mol. The lowest BCUT2D eigenvalue weighted by atomic mass is 9.94. The Hall–Kier alpha value is -2.12. The molecule has 130 valence electrons. The fourth-order valence-electron chi connectivity index (χ4n) is 2.19. The number of alkyl halides is 3. The van der Waals surface area contributed by atoms with Crippen molar-refractivity contribution >= 4 is 18.3 Å². The van der Waals surface area contributed by atoms with Crippen LogP contribution < -0.4 is 11.5 Å². The van der Waals surface area contributed by atoms with Gasteiger partial charge in [0.25, 0.3) is 0 Å². The van der Waals surface area contributed by atoms with Gasteiger partial charge in [-0.25, -0.2) is 0 Å². The fraction of sp³-hybridized carbons (Fsp3) is 0.250. The fourth-order valence-corrected chi connectivity index (χ4v) is 2.19. The first-order valence-corrected chi connectivity index (χ1v) is 6.81. The van der Waals surface area contributed by atoms with Crippen LogP contribution in [0.2, 0.25) is 0 Å². The third kappa shape index (κ3) is 4.46. The zero-order valence-electron chi connectivity index (χ0n) is 12.8. The first-order valence-electron chi connectivity index (χ1n) is 6.81. The normalized spacial score (nSPS) is 13.7. The maximum Gasteiger partial charge on any atom is 0.417 e. The van der Waals surface area contributed by atoms with E-state index >= 15 is 0 Å². The minimum Gasteiger partial charge on any atom is -0.368 e. The van der Waals surface area contributed by atoms with Gasteiger partial charge in [-0.05, 0) is 36.2 Å². The van der Waals surface area contributed by atoms with Gasteiger partial charge in [-0.1, -0.05) is 18.2 Å². The van der Waals surface area contributed by atoms with Gasteiger partial charge in [-0.3, -0.25) is 9.78 Å². The van der Waals surface area contributed by atoms with E-state index in [4.69, 9.17) is 11.5 Å². The maximum absolute atomic E-state index is 13.1. The van der Waals surface area contributed by atoms with Crippen molar-refractivity contribution in [3.05, 3.63) is 53.9 Å². The van der Waals surface area contributed by atoms with Crippen LogP contribution in [0.15, 0.2) is 42.6 Å². The molecule has 0 unspecified atom stereocenters. The Morgan fingerprint density at radius 3 is 2.42 bits per heavy atom. The molecule has 1 aromatic carbocycles. The number of primary amides is 1. The highest BCUT2D eigenvalue weighted by molar-refractivity contribution is 5.85. The van der Waals surface area contributed by atoms with Crippen molar-refractivity contribution in [3.8, 4) is 11.1 Å². The van der Waals surface area contributed by atoms with Crippen molar-refractivity contribution in [1.82, 2.24) is 4.98 Å². The van der Waals surface area contributed by atoms with Crippen molar-refractivity contribution in [1.29, 1.82) is 0 Å². The molecule has 0 saturated heterocycles. The summed E-state index contributed by atoms with van der Waals surface area (Å²) in [5, 5.41) is 0. The molecule has 24 heavy (non-hydrogen) atoms. The molecule has 1 amide bonds. The predicted octanol–water partition coefficient (Wildman–Crippen LogP) is 2.93. The standard InChI is InChI=1S/C16H16F3N3O.ClH/c1-15(21,14(20)23)9-11-8-10(6-7-22-11)12-4-2-3-5-13(12)16(17,18)19;/h2-8H,9,21H2,1H3,(H2,20,23);1H/t15-;/m1./s1. The number of carbonyl (C=O) groups excluding carboxylic acids is 1. The van der Waals surface area contributed by atoms with Crippen molar-refractivity contribution in [2.75, 3.05) is 0 Å². The van der Waals surface area contributed by atoms with Gasteiger partial charge in [0.05, 0.1) is 11.1 Å². The molecular formula is C16H17ClF3N3O. The summed E-state index contributed by atoms with van der Waals surface area (Å²) < 4.78 is 39.3. The number of nitrogens with two attached hydrogens (primary N) is 2. The second-order valence-electron chi connectivity index (χ2n) is 5.54. The zero-order chi connectivity index (χ0) is 17.3. The number of amides is 1. The molecule has 1 aromatic heterocycles. The van der Waals surface area contributed by atoms with Gasteiger partial charge in [0.1, 0.15) is 0 Å². The van der Waals surface area contributed by atoms with E-state index in [1.165, 1.54) is 43.5 Å². The van der Waals surface area contributed by atoms with E-state index in [1.807, 2.05) is 0 Å². The summed E-state index contributed by atoms with van der Waals surface area (Å²) in [6, 6.07) is 8.23. The second-order valence-corrected chi connectivity index (χ2v) is 5.54. The van der Waals surface area contributed by atoms with E-state index in [0.717, 1.165) is 6.07 Å². The minimum absolute atomic E-state index is 0. The summed E-state index contributed by atoms with van der Waals surface area (Å²) in [6.07, 6.45) is -3.05. The van der Waals surface area contributed by atoms with E-state index < -0.39 is 23.2 Å². The highest BCUT2D eigenvalue weighted by Gasteiger charge is 2.33. The number of hydrogen-bond acceptors (Lipinski definition) is 3. The zero-order valence-corrected chi connectivity index (χ0v) is 13.6. The molecule has 1 heterocycles. The number of pyridine rings is 1. The molecule has 0 fully saturated rings. The van der Waals surface area contributed by atoms with Crippen LogP contribution in [-0.2, 0) is 17.4 Å². The summed E-state index contributed by atoms with van der Waals surface area (Å²) in [5.74, 6) is -0.708. The van der Waals surface area contributed by atoms with Crippen molar-refractivity contribution in [2.45, 2.75) is 25.1 Å². The summed E-state index contributed by atoms with van der Waals surface area (Å²) >= 11 is 0. The van der Waals surface area contributed by atoms with Gasteiger partial charge < -0.3 is 11.5 Å². The van der Waals surface area contributed by atoms with E-state index in [1.54, 1.807) is 0 Å². The lowest BCUT2D eigenvalue weighted by Gasteiger charge is -2.20. The van der Waals surface area contributed by atoms with E-state index in [-0.39, 0.29) is 24.4 Å². The topological polar surface area (TPSA) is 82.0 Å². The summed E-state index contributed by atoms with van der Waals surface area (Å²) in [7, 11) is 0. The lowest BCUT2D eigenvalue weighted by Crippen LogP contribution is -2.51. The van der Waals surface area contributed by atoms with Crippen molar-refractivity contribution in [2.24, 2.45) is 11.5 Å². The number of rotatable bonds is 4. The molecule has 0 spiro atoms. The van der Waals surface area contributed by atoms with Crippen LogP contribution in [0, 0.1) is 0 Å². The number of aromatic nitrogens is 1. The number of hydrogen-bond donors (Lipinski definition) is 2. The molecule has 4 N–H and O–H groups in total. The molecule has 1 atom stereocenters. The molecule has 0 bridgehead atoms. The monoisotopic (exact) mass is 359 g/mol. The van der Waals surface area contributed by atoms with Crippen LogP contribution in [0.5, 0.6) is 0 Å². The minimum atomic E-state index is -4.46. The summed E-state index contributed by atoms with van der Waals surface area (Å²) in [4.78, 5) is 15.3. The molecule has 2 rings (SSSR count). The highest BCUT2D eigenvalue weighted by atomic mass is 35.5. The number of carbonyl (C=O) groups is 1. The van der Waals surface area contributed by atoms with Crippen LogP contribution in [0.1, 0.15) is 18.2 Å². The Bertz CT molecular complexity index is 733. The second kappa shape index (κ2) is 7.19. The molecule has 0 aliphatic rings. The van der Waals surface area contributed by atoms with Crippen LogP contribution in [-0.4, -0.2) is 16.4 Å². The van der Waals surface area contributed by atoms with E-state index in [2.05, 4.69) is 4.98 Å². The first kappa shape index (κ1) is 19.9. The quantitative estimate of drug-likeness (QED) is 0.880. The summed E-state index contributed by atoms with van der Waals surface area (Å²) in [6.45, 7) is 1.45. The summed E-state index contributed by atoms with van der Waals surface area (Å²) in [5.41, 5.74) is 9.72. The molecule has 0 aliphatic heterocycles. The average molecular weight is 360 g/mol. The van der Waals surface area contributed by atoms with Crippen LogP contribution in [0.25, 0.3) is 11.1 Å². The Morgan fingerprint density at radius 1 is 1.21 bits per heavy atom. The third-order valence-corrected chi connectivity index (χ3v) is 3.47. The Morgan fingerprint density at radius 2 is 1.83 bits per heavy atom.